The van der Waals surface area contributed by atoms with Crippen molar-refractivity contribution in [2.24, 2.45) is 0 Å². The van der Waals surface area contributed by atoms with Crippen LogP contribution in [-0.4, -0.2) is 9.52 Å². The molecule has 1 rings (SSSR count). The molecule has 0 aromatic heterocycles. The molecule has 1 heteroatoms. The Kier molecular flexibility index (Phi) is 8.92. The fourth-order valence-corrected chi connectivity index (χ4v) is 3.98. The van der Waals surface area contributed by atoms with Gasteiger partial charge in [0.1, 0.15) is 0 Å². The zero-order valence-electron chi connectivity index (χ0n) is 12.4. The monoisotopic (exact) mass is 262 g/mol. The van der Waals surface area contributed by atoms with Crippen LogP contribution < -0.4 is 5.19 Å². The highest BCUT2D eigenvalue weighted by atomic mass is 28.2. The van der Waals surface area contributed by atoms with Gasteiger partial charge in [0.2, 0.25) is 0 Å². The Bertz CT molecular complexity index is 289. The Morgan fingerprint density at radius 3 is 1.94 bits per heavy atom. The van der Waals surface area contributed by atoms with E-state index in [1.807, 2.05) is 0 Å². The first-order valence-electron chi connectivity index (χ1n) is 7.88. The maximum atomic E-state index is 2.34. The predicted octanol–water partition coefficient (Wildman–Crippen LogP) is 4.35. The third kappa shape index (κ3) is 7.70. The molecular weight excluding hydrogens is 232 g/mol. The molecule has 0 spiro atoms. The van der Waals surface area contributed by atoms with Crippen molar-refractivity contribution in [2.45, 2.75) is 71.3 Å². The number of hydrogen-bond acceptors (Lipinski definition) is 0. The molecule has 102 valence electrons. The number of hydrogen-bond donors (Lipinski definition) is 0. The second kappa shape index (κ2) is 10.4. The molecule has 0 heterocycles. The van der Waals surface area contributed by atoms with Gasteiger partial charge in [0, 0.05) is 0 Å². The van der Waals surface area contributed by atoms with E-state index in [0.717, 1.165) is 0 Å². The number of unbranched alkanes of at least 4 members (excludes halogenated alkanes) is 7. The summed E-state index contributed by atoms with van der Waals surface area (Å²) in [7, 11) is 0.0250. The van der Waals surface area contributed by atoms with Gasteiger partial charge in [-0.2, -0.15) is 0 Å². The maximum absolute atomic E-state index is 2.34. The average Bonchev–Trinajstić information content (AvgIpc) is 2.39. The van der Waals surface area contributed by atoms with E-state index in [0.29, 0.717) is 0 Å². The van der Waals surface area contributed by atoms with Gasteiger partial charge in [-0.25, -0.2) is 0 Å². The van der Waals surface area contributed by atoms with Crippen molar-refractivity contribution in [1.29, 1.82) is 0 Å². The smallest absolute Gasteiger partial charge is 0.0547 e. The lowest BCUT2D eigenvalue weighted by atomic mass is 10.1. The van der Waals surface area contributed by atoms with Gasteiger partial charge in [-0.05, 0) is 6.92 Å². The summed E-state index contributed by atoms with van der Waals surface area (Å²) in [6, 6.07) is 10.7. The molecule has 0 saturated carbocycles. The van der Waals surface area contributed by atoms with Crippen LogP contribution >= 0.6 is 0 Å². The lowest BCUT2D eigenvalue weighted by Crippen LogP contribution is -2.12. The van der Waals surface area contributed by atoms with Gasteiger partial charge in [-0.3, -0.25) is 0 Å². The standard InChI is InChI=1S/C17H30Si/c1-3-4-5-6-7-8-9-10-15-18-17-13-11-16(2)12-14-17/h11-14H,3-10,15,18H2,1-2H3. The fraction of sp³-hybridized carbons (Fsp3) is 0.647. The minimum Gasteiger partial charge on any atom is -0.0669 e. The lowest BCUT2D eigenvalue weighted by molar-refractivity contribution is 0.585. The molecule has 0 amide bonds. The van der Waals surface area contributed by atoms with Gasteiger partial charge in [-0.15, -0.1) is 0 Å². The molecule has 0 N–H and O–H groups in total. The van der Waals surface area contributed by atoms with E-state index in [-0.39, 0.29) is 9.52 Å². The van der Waals surface area contributed by atoms with E-state index in [4.69, 9.17) is 0 Å². The zero-order chi connectivity index (χ0) is 13.1. The molecule has 0 nitrogen and oxygen atoms in total. The first-order valence-corrected chi connectivity index (χ1v) is 9.59. The minimum absolute atomic E-state index is 0.0250. The summed E-state index contributed by atoms with van der Waals surface area (Å²) in [6.07, 6.45) is 11.6. The van der Waals surface area contributed by atoms with Crippen LogP contribution in [0.2, 0.25) is 6.04 Å². The highest BCUT2D eigenvalue weighted by Gasteiger charge is 1.95. The third-order valence-corrected chi connectivity index (χ3v) is 5.59. The molecular formula is C17H30Si. The molecule has 1 aromatic carbocycles. The minimum atomic E-state index is 0.0250. The molecule has 18 heavy (non-hydrogen) atoms. The quantitative estimate of drug-likeness (QED) is 0.434. The van der Waals surface area contributed by atoms with E-state index >= 15 is 0 Å². The van der Waals surface area contributed by atoms with Gasteiger partial charge in [0.25, 0.3) is 0 Å². The summed E-state index contributed by atoms with van der Waals surface area (Å²) in [5.74, 6) is 0. The van der Waals surface area contributed by atoms with Crippen LogP contribution in [0.4, 0.5) is 0 Å². The maximum Gasteiger partial charge on any atom is 0.0547 e. The van der Waals surface area contributed by atoms with Crippen molar-refractivity contribution in [1.82, 2.24) is 0 Å². The number of rotatable bonds is 10. The van der Waals surface area contributed by atoms with E-state index < -0.39 is 0 Å². The summed E-state index contributed by atoms with van der Waals surface area (Å²) in [5, 5.41) is 1.64. The van der Waals surface area contributed by atoms with Crippen molar-refractivity contribution in [3.63, 3.8) is 0 Å². The second-order valence-corrected chi connectivity index (χ2v) is 7.59. The van der Waals surface area contributed by atoms with Crippen molar-refractivity contribution in [3.05, 3.63) is 29.8 Å². The Morgan fingerprint density at radius 1 is 0.778 bits per heavy atom. The van der Waals surface area contributed by atoms with Crippen molar-refractivity contribution in [3.8, 4) is 0 Å². The SMILES string of the molecule is CCCCCCCCCC[SiH2]c1ccc(C)cc1. The van der Waals surface area contributed by atoms with Gasteiger partial charge < -0.3 is 0 Å². The van der Waals surface area contributed by atoms with E-state index in [2.05, 4.69) is 38.1 Å². The molecule has 0 aliphatic rings. The predicted molar refractivity (Wildman–Crippen MR) is 86.8 cm³/mol. The van der Waals surface area contributed by atoms with Crippen LogP contribution in [0.1, 0.15) is 63.9 Å². The van der Waals surface area contributed by atoms with Crippen molar-refractivity contribution in [2.75, 3.05) is 0 Å². The Balaban J connectivity index is 1.91. The van der Waals surface area contributed by atoms with Crippen molar-refractivity contribution >= 4 is 14.7 Å². The molecule has 0 unspecified atom stereocenters. The zero-order valence-corrected chi connectivity index (χ0v) is 13.8. The molecule has 0 aliphatic heterocycles. The highest BCUT2D eigenvalue weighted by molar-refractivity contribution is 6.53. The fourth-order valence-electron chi connectivity index (χ4n) is 2.39. The van der Waals surface area contributed by atoms with Crippen LogP contribution in [0.3, 0.4) is 0 Å². The molecule has 0 bridgehead atoms. The number of aryl methyl sites for hydroxylation is 1. The third-order valence-electron chi connectivity index (χ3n) is 3.69. The van der Waals surface area contributed by atoms with E-state index in [1.165, 1.54) is 63.0 Å². The van der Waals surface area contributed by atoms with Crippen LogP contribution in [0, 0.1) is 6.92 Å². The van der Waals surface area contributed by atoms with Crippen molar-refractivity contribution < 1.29 is 0 Å². The Hall–Kier alpha value is -0.563. The summed E-state index contributed by atoms with van der Waals surface area (Å²) in [4.78, 5) is 0. The van der Waals surface area contributed by atoms with Gasteiger partial charge in [0.05, 0.1) is 9.52 Å². The van der Waals surface area contributed by atoms with Gasteiger partial charge in [-0.1, -0.05) is 99.4 Å². The van der Waals surface area contributed by atoms with Crippen LogP contribution in [-0.2, 0) is 0 Å². The number of benzene rings is 1. The Labute approximate surface area is 116 Å². The molecule has 0 aliphatic carbocycles. The summed E-state index contributed by atoms with van der Waals surface area (Å²) >= 11 is 0. The second-order valence-electron chi connectivity index (χ2n) is 5.56. The first kappa shape index (κ1) is 15.5. The molecule has 1 aromatic rings. The van der Waals surface area contributed by atoms with E-state index in [9.17, 15) is 0 Å². The molecule has 0 fully saturated rings. The Morgan fingerprint density at radius 2 is 1.33 bits per heavy atom. The first-order chi connectivity index (χ1) is 8.83. The van der Waals surface area contributed by atoms with Gasteiger partial charge in [0.15, 0.2) is 0 Å². The normalized spacial score (nSPS) is 11.4. The van der Waals surface area contributed by atoms with Crippen LogP contribution in [0.25, 0.3) is 0 Å². The topological polar surface area (TPSA) is 0 Å². The summed E-state index contributed by atoms with van der Waals surface area (Å²) < 4.78 is 0. The average molecular weight is 263 g/mol. The highest BCUT2D eigenvalue weighted by Crippen LogP contribution is 2.09. The molecule has 0 atom stereocenters. The lowest BCUT2D eigenvalue weighted by Gasteiger charge is -2.02. The molecule has 0 radical (unpaired) electrons. The largest absolute Gasteiger partial charge is 0.0669 e. The summed E-state index contributed by atoms with van der Waals surface area (Å²) in [6.45, 7) is 4.46. The molecule has 0 saturated heterocycles. The van der Waals surface area contributed by atoms with Crippen LogP contribution in [0.5, 0.6) is 0 Å². The van der Waals surface area contributed by atoms with Crippen LogP contribution in [0.15, 0.2) is 24.3 Å². The van der Waals surface area contributed by atoms with Gasteiger partial charge >= 0.3 is 0 Å². The van der Waals surface area contributed by atoms with E-state index in [1.54, 1.807) is 5.19 Å². The summed E-state index contributed by atoms with van der Waals surface area (Å²) in [5.41, 5.74) is 1.39.